The number of allylic oxidation sites excluding steroid dienone is 5. The van der Waals surface area contributed by atoms with E-state index in [9.17, 15) is 25.2 Å². The third-order valence-electron chi connectivity index (χ3n) is 27.1. The SMILES string of the molecule is COCC1C(CO)CNCc2c(O)c3c(c4c2C2C#CC5=C(C=CC(N)N5)C5C6(C=CC7CCCCC75c5cccc(c5)C5(CCCC5)C1C#C2)CCC1(Cc2cc(O)cc(OCO)c2-c2ccc5c(c21)OC4C5COC(C)=O)C6)C=CC1NC2CCCC(CSSC(Cc4ccccc4)C1O3)C2. The zero-order valence-corrected chi connectivity index (χ0v) is 60.8. The van der Waals surface area contributed by atoms with Gasteiger partial charge in [-0.05, 0) is 151 Å². The van der Waals surface area contributed by atoms with E-state index in [1.807, 2.05) is 27.7 Å². The van der Waals surface area contributed by atoms with Crippen molar-refractivity contribution in [1.29, 1.82) is 0 Å². The number of benzene rings is 5. The van der Waals surface area contributed by atoms with Crippen LogP contribution in [0.4, 0.5) is 0 Å². The Balaban J connectivity index is 0.989. The van der Waals surface area contributed by atoms with Gasteiger partial charge in [-0.1, -0.05) is 169 Å². The number of esters is 1. The van der Waals surface area contributed by atoms with Crippen molar-refractivity contribution in [2.45, 2.75) is 186 Å². The molecular formula is C87H96N4O10S2. The van der Waals surface area contributed by atoms with Gasteiger partial charge in [0, 0.05) is 125 Å². The van der Waals surface area contributed by atoms with E-state index in [1.165, 1.54) is 30.0 Å². The minimum absolute atomic E-state index is 0.00824. The standard InChI is InChI=1S/C87H96N4O10S2/c1-50(94)98-46-67-61-21-22-63-74-54(38-60(95)40-71(74)99-49-93)41-85-35-34-84(48-85)33-29-56-15-6-7-32-87(56)58-17-11-16-57(39-58)86(30-8-9-31-86)68-25-19-53(20-26-69-62(83(84)87)24-28-73(88)91-69)75-65(43-89-42-55(44-92)66(68)45-97-2)78(96)81-64(76(75)79(67)100-80(61)77(63)85)23-27-70-82(101-81)72(37-51-12-4-3-5-13-51)103-102-47-52-14-10-18-59(36-52)90-70/h3-5,11-13,16-17,21-24,27-29,33,38-40,52-53,55-56,59,66-68,70,72-73,79,82-83,89-93,95-96H,6-10,14-15,18,30-32,34-37,41-49,88H2,1-2H3. The Labute approximate surface area is 613 Å². The van der Waals surface area contributed by atoms with Crippen LogP contribution < -0.4 is 35.9 Å². The fourth-order valence-electron chi connectivity index (χ4n) is 22.9. The number of aromatic hydroxyl groups is 2. The molecule has 18 rings (SSSR count). The maximum Gasteiger partial charge on any atom is 0.302 e. The van der Waals surface area contributed by atoms with Gasteiger partial charge in [-0.25, -0.2) is 0 Å². The van der Waals surface area contributed by atoms with Gasteiger partial charge in [0.25, 0.3) is 0 Å². The molecule has 5 fully saturated rings. The van der Waals surface area contributed by atoms with Gasteiger partial charge in [-0.2, -0.15) is 0 Å². The summed E-state index contributed by atoms with van der Waals surface area (Å²) >= 11 is 0. The minimum Gasteiger partial charge on any atom is -0.508 e. The highest BCUT2D eigenvalue weighted by molar-refractivity contribution is 8.77. The first kappa shape index (κ1) is 67.8. The van der Waals surface area contributed by atoms with Gasteiger partial charge < -0.3 is 65.8 Å². The van der Waals surface area contributed by atoms with Gasteiger partial charge in [0.05, 0.1) is 35.7 Å². The van der Waals surface area contributed by atoms with Gasteiger partial charge in [0.15, 0.2) is 18.3 Å². The van der Waals surface area contributed by atoms with Crippen molar-refractivity contribution >= 4 is 33.6 Å². The number of rotatable bonds is 9. The summed E-state index contributed by atoms with van der Waals surface area (Å²) < 4.78 is 35.4. The second-order valence-corrected chi connectivity index (χ2v) is 35.1. The molecule has 13 aliphatic rings. The Morgan fingerprint density at radius 3 is 2.55 bits per heavy atom. The maximum absolute atomic E-state index is 14.3. The fraction of sp³-hybridized carbons (Fsp3) is 0.506. The lowest BCUT2D eigenvalue weighted by Crippen LogP contribution is -2.55. The molecule has 14 nitrogen and oxygen atoms in total. The summed E-state index contributed by atoms with van der Waals surface area (Å²) in [5.41, 5.74) is 18.1. The number of fused-ring (bicyclic) bond motifs is 14. The summed E-state index contributed by atoms with van der Waals surface area (Å²) in [5.74, 6) is 16.6. The summed E-state index contributed by atoms with van der Waals surface area (Å²) in [4.78, 5) is 13.8. The summed E-state index contributed by atoms with van der Waals surface area (Å²) in [6, 6.07) is 28.4. The monoisotopic (exact) mass is 1420 g/mol. The smallest absolute Gasteiger partial charge is 0.302 e. The fourth-order valence-corrected chi connectivity index (χ4v) is 26.1. The summed E-state index contributed by atoms with van der Waals surface area (Å²) in [6.07, 6.45) is 28.3. The van der Waals surface area contributed by atoms with Crippen LogP contribution in [0, 0.1) is 64.6 Å². The third kappa shape index (κ3) is 11.2. The molecule has 11 bridgehead atoms. The molecule has 16 heteroatoms. The zero-order valence-electron chi connectivity index (χ0n) is 59.2. The van der Waals surface area contributed by atoms with E-state index in [0.717, 1.165) is 140 Å². The Bertz CT molecular complexity index is 4460. The van der Waals surface area contributed by atoms with E-state index in [4.69, 9.17) is 29.4 Å². The highest BCUT2D eigenvalue weighted by Crippen LogP contribution is 2.72. The topological polar surface area (TPSA) is 206 Å². The number of dihydropyridines is 1. The van der Waals surface area contributed by atoms with E-state index in [2.05, 4.69) is 143 Å². The van der Waals surface area contributed by atoms with Gasteiger partial charge >= 0.3 is 5.97 Å². The van der Waals surface area contributed by atoms with Crippen molar-refractivity contribution in [2.24, 2.45) is 46.7 Å². The molecule has 5 aromatic carbocycles. The van der Waals surface area contributed by atoms with Crippen LogP contribution in [0.5, 0.6) is 28.7 Å². The Hall–Kier alpha value is -7.09. The summed E-state index contributed by atoms with van der Waals surface area (Å²) in [5, 5.41) is 60.9. The molecule has 6 heterocycles. The molecule has 6 aliphatic heterocycles. The van der Waals surface area contributed by atoms with Crippen molar-refractivity contribution < 1.29 is 48.9 Å². The molecule has 4 spiro atoms. The van der Waals surface area contributed by atoms with E-state index in [-0.39, 0.29) is 78.2 Å². The number of nitrogens with one attached hydrogen (secondary N) is 3. The second kappa shape index (κ2) is 27.0. The molecule has 17 atom stereocenters. The van der Waals surface area contributed by atoms with Crippen LogP contribution in [0.15, 0.2) is 121 Å². The van der Waals surface area contributed by atoms with E-state index >= 15 is 0 Å². The lowest BCUT2D eigenvalue weighted by atomic mass is 9.44. The number of phenols is 2. The van der Waals surface area contributed by atoms with Crippen LogP contribution >= 0.6 is 21.6 Å². The van der Waals surface area contributed by atoms with Crippen LogP contribution in [0.2, 0.25) is 0 Å². The van der Waals surface area contributed by atoms with Crippen molar-refractivity contribution in [2.75, 3.05) is 46.0 Å². The van der Waals surface area contributed by atoms with Crippen LogP contribution in [0.25, 0.3) is 17.2 Å². The number of carbonyl (C=O) groups excluding carboxylic acids is 1. The average molecular weight is 1420 g/mol. The second-order valence-electron chi connectivity index (χ2n) is 32.5. The molecule has 103 heavy (non-hydrogen) atoms. The molecule has 17 unspecified atom stereocenters. The number of hydrogen-bond donors (Lipinski definition) is 8. The minimum atomic E-state index is -0.921. The molecule has 5 aromatic rings. The van der Waals surface area contributed by atoms with Crippen LogP contribution in [0.3, 0.4) is 0 Å². The van der Waals surface area contributed by atoms with Crippen LogP contribution in [-0.2, 0) is 49.9 Å². The number of ether oxygens (including phenoxy) is 5. The number of aliphatic hydroxyl groups excluding tert-OH is 2. The molecule has 9 N–H and O–H groups in total. The molecule has 536 valence electrons. The van der Waals surface area contributed by atoms with Gasteiger partial charge in [0.1, 0.15) is 42.0 Å². The van der Waals surface area contributed by atoms with Gasteiger partial charge in [-0.15, -0.1) is 0 Å². The Morgan fingerprint density at radius 2 is 1.71 bits per heavy atom. The van der Waals surface area contributed by atoms with Crippen molar-refractivity contribution in [3.05, 3.63) is 176 Å². The molecule has 0 aromatic heterocycles. The quantitative estimate of drug-likeness (QED) is 0.0227. The van der Waals surface area contributed by atoms with E-state index in [0.29, 0.717) is 65.9 Å². The normalized spacial score (nSPS) is 34.2. The first-order chi connectivity index (χ1) is 50.3. The lowest BCUT2D eigenvalue weighted by Gasteiger charge is -2.59. The first-order valence-corrected chi connectivity index (χ1v) is 40.7. The van der Waals surface area contributed by atoms with Crippen LogP contribution in [-0.4, -0.2) is 102 Å². The van der Waals surface area contributed by atoms with Crippen molar-refractivity contribution in [3.8, 4) is 63.6 Å². The highest BCUT2D eigenvalue weighted by Gasteiger charge is 2.65. The largest absolute Gasteiger partial charge is 0.508 e. The number of carbonyl (C=O) groups is 1. The van der Waals surface area contributed by atoms with Crippen molar-refractivity contribution in [3.63, 3.8) is 0 Å². The lowest BCUT2D eigenvalue weighted by molar-refractivity contribution is -0.141. The Kier molecular flexibility index (Phi) is 17.8. The molecule has 0 amide bonds. The summed E-state index contributed by atoms with van der Waals surface area (Å²) in [7, 11) is 5.63. The third-order valence-corrected chi connectivity index (χ3v) is 30.0. The zero-order chi connectivity index (χ0) is 69.9. The molecular weight excluding hydrogens is 1330 g/mol. The number of methoxy groups -OCH3 is 1. The molecule has 7 aliphatic carbocycles. The number of phenolic OH excluding ortho intramolecular Hbond substituents is 2. The van der Waals surface area contributed by atoms with E-state index < -0.39 is 64.6 Å². The van der Waals surface area contributed by atoms with Gasteiger partial charge in [-0.3, -0.25) is 4.79 Å². The number of aliphatic hydroxyl groups is 2. The summed E-state index contributed by atoms with van der Waals surface area (Å²) in [6.45, 7) is 1.59. The Morgan fingerprint density at radius 1 is 0.845 bits per heavy atom. The van der Waals surface area contributed by atoms with Crippen molar-refractivity contribution in [1.82, 2.24) is 16.0 Å². The molecule has 1 saturated heterocycles. The molecule has 0 radical (unpaired) electrons. The predicted molar refractivity (Wildman–Crippen MR) is 403 cm³/mol. The van der Waals surface area contributed by atoms with Crippen LogP contribution in [0.1, 0.15) is 177 Å². The number of nitrogens with two attached hydrogens (primary N) is 1. The first-order valence-electron chi connectivity index (χ1n) is 38.3. The molecule has 4 saturated carbocycles. The highest BCUT2D eigenvalue weighted by atomic mass is 33.1. The number of hydrogen-bond acceptors (Lipinski definition) is 16. The predicted octanol–water partition coefficient (Wildman–Crippen LogP) is 13.7. The average Bonchev–Trinajstić information content (AvgIpc) is 1.60. The van der Waals surface area contributed by atoms with E-state index in [1.54, 1.807) is 13.2 Å². The van der Waals surface area contributed by atoms with Gasteiger partial charge in [0.2, 0.25) is 0 Å². The maximum atomic E-state index is 14.3.